The van der Waals surface area contributed by atoms with E-state index < -0.39 is 18.0 Å². The summed E-state index contributed by atoms with van der Waals surface area (Å²) in [6.07, 6.45) is -0.752. The molecule has 0 aliphatic rings. The maximum Gasteiger partial charge on any atom is 0.412 e. The van der Waals surface area contributed by atoms with E-state index in [0.717, 1.165) is 16.9 Å². The molecule has 0 bridgehead atoms. The molecule has 0 spiro atoms. The number of carbonyl (C=O) groups is 3. The van der Waals surface area contributed by atoms with Crippen LogP contribution in [0.15, 0.2) is 30.3 Å². The topological polar surface area (TPSA) is 90.9 Å². The molecule has 0 aliphatic heterocycles. The monoisotopic (exact) mass is 441 g/mol. The van der Waals surface area contributed by atoms with Crippen LogP contribution in [0.5, 0.6) is 0 Å². The van der Waals surface area contributed by atoms with E-state index in [1.165, 1.54) is 14.2 Å². The Bertz CT molecular complexity index is 805. The molecule has 138 valence electrons. The standard InChI is InChI=1S/C17H16BrNO6S/c1-23-15(20)12-11(8-18)13(16(21)24-2)26-14(12)19-17(22)25-9-10-6-4-3-5-7-10/h3-7H,8-9H2,1-2H3,(H,19,22). The third-order valence-electron chi connectivity index (χ3n) is 3.33. The molecule has 0 atom stereocenters. The van der Waals surface area contributed by atoms with Crippen LogP contribution in [0.1, 0.15) is 31.2 Å². The molecule has 7 nitrogen and oxygen atoms in total. The first kappa shape index (κ1) is 19.9. The SMILES string of the molecule is COC(=O)c1sc(NC(=O)OCc2ccccc2)c(C(=O)OC)c1CBr. The number of rotatable bonds is 6. The van der Waals surface area contributed by atoms with Gasteiger partial charge in [-0.2, -0.15) is 0 Å². The van der Waals surface area contributed by atoms with Crippen LogP contribution in [0.2, 0.25) is 0 Å². The zero-order valence-corrected chi connectivity index (χ0v) is 16.4. The van der Waals surface area contributed by atoms with Crippen LogP contribution in [-0.2, 0) is 26.1 Å². The van der Waals surface area contributed by atoms with E-state index in [1.54, 1.807) is 0 Å². The van der Waals surface area contributed by atoms with Gasteiger partial charge in [-0.15, -0.1) is 11.3 Å². The number of halogens is 1. The lowest BCUT2D eigenvalue weighted by molar-refractivity contribution is 0.0601. The van der Waals surface area contributed by atoms with Crippen molar-refractivity contribution in [2.24, 2.45) is 0 Å². The second-order valence-corrected chi connectivity index (χ2v) is 6.50. The molecule has 2 rings (SSSR count). The van der Waals surface area contributed by atoms with Crippen LogP contribution in [0, 0.1) is 0 Å². The summed E-state index contributed by atoms with van der Waals surface area (Å²) in [7, 11) is 2.45. The fourth-order valence-electron chi connectivity index (χ4n) is 2.11. The number of alkyl halides is 1. The Labute approximate surface area is 162 Å². The molecule has 1 N–H and O–H groups in total. The normalized spacial score (nSPS) is 10.1. The molecular weight excluding hydrogens is 426 g/mol. The minimum absolute atomic E-state index is 0.0702. The van der Waals surface area contributed by atoms with E-state index >= 15 is 0 Å². The highest BCUT2D eigenvalue weighted by Gasteiger charge is 2.28. The van der Waals surface area contributed by atoms with Gasteiger partial charge in [0.2, 0.25) is 0 Å². The number of hydrogen-bond acceptors (Lipinski definition) is 7. The Morgan fingerprint density at radius 1 is 1.08 bits per heavy atom. The van der Waals surface area contributed by atoms with Crippen LogP contribution >= 0.6 is 27.3 Å². The van der Waals surface area contributed by atoms with Gasteiger partial charge in [0.15, 0.2) is 0 Å². The number of amides is 1. The van der Waals surface area contributed by atoms with Crippen molar-refractivity contribution < 1.29 is 28.6 Å². The molecule has 0 radical (unpaired) electrons. The molecule has 9 heteroatoms. The Kier molecular flexibility index (Phi) is 7.16. The van der Waals surface area contributed by atoms with Crippen molar-refractivity contribution in [1.82, 2.24) is 0 Å². The van der Waals surface area contributed by atoms with Gasteiger partial charge in [-0.3, -0.25) is 5.32 Å². The Balaban J connectivity index is 2.23. The van der Waals surface area contributed by atoms with E-state index in [-0.39, 0.29) is 27.4 Å². The zero-order valence-electron chi connectivity index (χ0n) is 14.0. The fraction of sp³-hybridized carbons (Fsp3) is 0.235. The first-order valence-corrected chi connectivity index (χ1v) is 9.31. The van der Waals surface area contributed by atoms with E-state index in [1.807, 2.05) is 30.3 Å². The highest BCUT2D eigenvalue weighted by Crippen LogP contribution is 2.36. The molecule has 0 saturated heterocycles. The maximum atomic E-state index is 12.1. The fourth-order valence-corrected chi connectivity index (χ4v) is 3.97. The molecule has 0 unspecified atom stereocenters. The van der Waals surface area contributed by atoms with E-state index in [2.05, 4.69) is 21.2 Å². The summed E-state index contributed by atoms with van der Waals surface area (Å²) >= 11 is 4.16. The molecule has 26 heavy (non-hydrogen) atoms. The average Bonchev–Trinajstić information content (AvgIpc) is 3.04. The second kappa shape index (κ2) is 9.35. The summed E-state index contributed by atoms with van der Waals surface area (Å²) < 4.78 is 14.6. The summed E-state index contributed by atoms with van der Waals surface area (Å²) in [6.45, 7) is 0.0702. The summed E-state index contributed by atoms with van der Waals surface area (Å²) in [5.41, 5.74) is 1.29. The van der Waals surface area contributed by atoms with Gasteiger partial charge in [0.1, 0.15) is 16.5 Å². The van der Waals surface area contributed by atoms with E-state index in [0.29, 0.717) is 5.56 Å². The smallest absolute Gasteiger partial charge is 0.412 e. The van der Waals surface area contributed by atoms with Crippen LogP contribution in [0.3, 0.4) is 0 Å². The van der Waals surface area contributed by atoms with Crippen LogP contribution in [0.25, 0.3) is 0 Å². The number of carbonyl (C=O) groups excluding carboxylic acids is 3. The molecule has 1 aromatic carbocycles. The Hall–Kier alpha value is -2.39. The summed E-state index contributed by atoms with van der Waals surface area (Å²) in [4.78, 5) is 36.3. The lowest BCUT2D eigenvalue weighted by Crippen LogP contribution is -2.15. The third kappa shape index (κ3) is 4.61. The van der Waals surface area contributed by atoms with Crippen LogP contribution in [-0.4, -0.2) is 32.3 Å². The molecule has 0 fully saturated rings. The Morgan fingerprint density at radius 2 is 1.73 bits per heavy atom. The number of thiophene rings is 1. The maximum absolute atomic E-state index is 12.1. The second-order valence-electron chi connectivity index (χ2n) is 4.92. The average molecular weight is 442 g/mol. The van der Waals surface area contributed by atoms with Crippen molar-refractivity contribution in [1.29, 1.82) is 0 Å². The molecule has 1 amide bonds. The summed E-state index contributed by atoms with van der Waals surface area (Å²) in [5, 5.41) is 2.86. The predicted octanol–water partition coefficient (Wildman–Crippen LogP) is 3.96. The van der Waals surface area contributed by atoms with Gasteiger partial charge >= 0.3 is 18.0 Å². The van der Waals surface area contributed by atoms with Crippen molar-refractivity contribution in [3.63, 3.8) is 0 Å². The number of nitrogens with one attached hydrogen (secondary N) is 1. The van der Waals surface area contributed by atoms with Gasteiger partial charge in [-0.1, -0.05) is 46.3 Å². The summed E-state index contributed by atoms with van der Waals surface area (Å²) in [6, 6.07) is 9.15. The molecule has 2 aromatic rings. The van der Waals surface area contributed by atoms with Gasteiger partial charge in [-0.25, -0.2) is 14.4 Å². The largest absolute Gasteiger partial charge is 0.465 e. The third-order valence-corrected chi connectivity index (χ3v) is 5.02. The first-order chi connectivity index (χ1) is 12.5. The van der Waals surface area contributed by atoms with Crippen molar-refractivity contribution >= 4 is 50.3 Å². The zero-order chi connectivity index (χ0) is 19.1. The number of benzene rings is 1. The van der Waals surface area contributed by atoms with Crippen molar-refractivity contribution in [2.75, 3.05) is 19.5 Å². The van der Waals surface area contributed by atoms with Gasteiger partial charge in [0.05, 0.1) is 19.8 Å². The Morgan fingerprint density at radius 3 is 2.31 bits per heavy atom. The minimum Gasteiger partial charge on any atom is -0.465 e. The van der Waals surface area contributed by atoms with Crippen molar-refractivity contribution in [3.8, 4) is 0 Å². The molecule has 1 heterocycles. The highest BCUT2D eigenvalue weighted by molar-refractivity contribution is 9.08. The number of hydrogen-bond donors (Lipinski definition) is 1. The van der Waals surface area contributed by atoms with Gasteiger partial charge in [0, 0.05) is 10.9 Å². The van der Waals surface area contributed by atoms with Gasteiger partial charge in [-0.05, 0) is 5.56 Å². The van der Waals surface area contributed by atoms with Crippen molar-refractivity contribution in [2.45, 2.75) is 11.9 Å². The number of ether oxygens (including phenoxy) is 3. The molecular formula is C17H16BrNO6S. The lowest BCUT2D eigenvalue weighted by Gasteiger charge is -2.08. The highest BCUT2D eigenvalue weighted by atomic mass is 79.9. The molecule has 1 aromatic heterocycles. The number of anilines is 1. The first-order valence-electron chi connectivity index (χ1n) is 7.37. The van der Waals surface area contributed by atoms with Gasteiger partial charge < -0.3 is 14.2 Å². The molecule has 0 aliphatic carbocycles. The number of esters is 2. The van der Waals surface area contributed by atoms with Crippen LogP contribution in [0.4, 0.5) is 9.80 Å². The summed E-state index contributed by atoms with van der Waals surface area (Å²) in [5.74, 6) is -1.29. The van der Waals surface area contributed by atoms with Gasteiger partial charge in [0.25, 0.3) is 0 Å². The lowest BCUT2D eigenvalue weighted by atomic mass is 10.1. The van der Waals surface area contributed by atoms with Crippen LogP contribution < -0.4 is 5.32 Å². The molecule has 0 saturated carbocycles. The number of methoxy groups -OCH3 is 2. The van der Waals surface area contributed by atoms with E-state index in [9.17, 15) is 14.4 Å². The predicted molar refractivity (Wildman–Crippen MR) is 99.9 cm³/mol. The van der Waals surface area contributed by atoms with E-state index in [4.69, 9.17) is 14.2 Å². The minimum atomic E-state index is -0.752. The quantitative estimate of drug-likeness (QED) is 0.414. The van der Waals surface area contributed by atoms with Crippen molar-refractivity contribution in [3.05, 3.63) is 51.9 Å².